The van der Waals surface area contributed by atoms with E-state index < -0.39 is 0 Å². The molecule has 0 aliphatic heterocycles. The van der Waals surface area contributed by atoms with Crippen LogP contribution in [0.2, 0.25) is 0 Å². The first-order valence-corrected chi connectivity index (χ1v) is 4.95. The van der Waals surface area contributed by atoms with E-state index in [0.29, 0.717) is 5.56 Å². The minimum atomic E-state index is -0.0161. The van der Waals surface area contributed by atoms with E-state index in [4.69, 9.17) is 0 Å². The van der Waals surface area contributed by atoms with Crippen LogP contribution in [0.5, 0.6) is 0 Å². The summed E-state index contributed by atoms with van der Waals surface area (Å²) in [6.07, 6.45) is 1.55. The van der Waals surface area contributed by atoms with Gasteiger partial charge in [-0.05, 0) is 6.07 Å². The normalized spacial score (nSPS) is 10.9. The minimum absolute atomic E-state index is 0.0161. The molecule has 0 spiro atoms. The van der Waals surface area contributed by atoms with Crippen molar-refractivity contribution in [1.82, 2.24) is 10.2 Å². The summed E-state index contributed by atoms with van der Waals surface area (Å²) < 4.78 is 0. The first kappa shape index (κ1) is 9.77. The van der Waals surface area contributed by atoms with Crippen molar-refractivity contribution in [1.29, 1.82) is 0 Å². The number of nitrogens with zero attached hydrogens (tertiary/aromatic N) is 2. The Hall–Kier alpha value is -1.77. The van der Waals surface area contributed by atoms with Crippen LogP contribution in [0.25, 0.3) is 10.9 Å². The molecule has 0 bridgehead atoms. The van der Waals surface area contributed by atoms with Crippen molar-refractivity contribution >= 4 is 16.7 Å². The van der Waals surface area contributed by atoms with Crippen LogP contribution in [-0.2, 0) is 0 Å². The van der Waals surface area contributed by atoms with Crippen LogP contribution < -0.4 is 0 Å². The SMILES string of the molecule is CC(C)C(=O)c1cnnc2ccccc12. The molecule has 0 radical (unpaired) electrons. The Labute approximate surface area is 88.1 Å². The van der Waals surface area contributed by atoms with Gasteiger partial charge in [0.15, 0.2) is 5.78 Å². The Morgan fingerprint density at radius 1 is 1.27 bits per heavy atom. The molecule has 0 unspecified atom stereocenters. The number of ketones is 1. The van der Waals surface area contributed by atoms with Crippen LogP contribution in [0.4, 0.5) is 0 Å². The van der Waals surface area contributed by atoms with Crippen molar-refractivity contribution in [2.45, 2.75) is 13.8 Å². The number of hydrogen-bond donors (Lipinski definition) is 0. The standard InChI is InChI=1S/C12H12N2O/c1-8(2)12(15)10-7-13-14-11-6-4-3-5-9(10)11/h3-8H,1-2H3. The number of hydrogen-bond acceptors (Lipinski definition) is 3. The highest BCUT2D eigenvalue weighted by Gasteiger charge is 2.14. The molecule has 0 aliphatic rings. The zero-order valence-corrected chi connectivity index (χ0v) is 8.77. The van der Waals surface area contributed by atoms with Crippen molar-refractivity contribution in [3.05, 3.63) is 36.0 Å². The molecule has 0 atom stereocenters. The second-order valence-electron chi connectivity index (χ2n) is 3.79. The first-order valence-electron chi connectivity index (χ1n) is 4.95. The molecule has 1 heterocycles. The molecule has 3 nitrogen and oxygen atoms in total. The Balaban J connectivity index is 2.66. The Kier molecular flexibility index (Phi) is 2.46. The zero-order valence-electron chi connectivity index (χ0n) is 8.77. The van der Waals surface area contributed by atoms with Crippen molar-refractivity contribution in [3.8, 4) is 0 Å². The molecular formula is C12H12N2O. The van der Waals surface area contributed by atoms with Gasteiger partial charge in [0.25, 0.3) is 0 Å². The molecular weight excluding hydrogens is 188 g/mol. The summed E-state index contributed by atoms with van der Waals surface area (Å²) in [4.78, 5) is 11.9. The summed E-state index contributed by atoms with van der Waals surface area (Å²) in [6.45, 7) is 3.77. The summed E-state index contributed by atoms with van der Waals surface area (Å²) in [6, 6.07) is 7.56. The van der Waals surface area contributed by atoms with Gasteiger partial charge in [-0.25, -0.2) is 0 Å². The highest BCUT2D eigenvalue weighted by Crippen LogP contribution is 2.17. The molecule has 1 aromatic heterocycles. The molecule has 0 N–H and O–H groups in total. The van der Waals surface area contributed by atoms with E-state index in [1.165, 1.54) is 0 Å². The predicted molar refractivity (Wildman–Crippen MR) is 58.7 cm³/mol. The van der Waals surface area contributed by atoms with Crippen LogP contribution >= 0.6 is 0 Å². The molecule has 0 amide bonds. The number of aromatic nitrogens is 2. The summed E-state index contributed by atoms with van der Waals surface area (Å²) in [5.74, 6) is 0.0960. The van der Waals surface area contributed by atoms with Crippen molar-refractivity contribution in [2.24, 2.45) is 5.92 Å². The smallest absolute Gasteiger partial charge is 0.167 e. The summed E-state index contributed by atoms with van der Waals surface area (Å²) in [7, 11) is 0. The minimum Gasteiger partial charge on any atom is -0.294 e. The Morgan fingerprint density at radius 2 is 2.00 bits per heavy atom. The summed E-state index contributed by atoms with van der Waals surface area (Å²) in [5.41, 5.74) is 1.43. The molecule has 0 saturated heterocycles. The lowest BCUT2D eigenvalue weighted by Gasteiger charge is -2.06. The molecule has 2 rings (SSSR count). The van der Waals surface area contributed by atoms with E-state index in [2.05, 4.69) is 10.2 Å². The highest BCUT2D eigenvalue weighted by atomic mass is 16.1. The number of fused-ring (bicyclic) bond motifs is 1. The number of carbonyl (C=O) groups excluding carboxylic acids is 1. The van der Waals surface area contributed by atoms with E-state index >= 15 is 0 Å². The number of Topliss-reactive ketones (excluding diaryl/α,β-unsaturated/α-hetero) is 1. The van der Waals surface area contributed by atoms with Gasteiger partial charge in [-0.3, -0.25) is 4.79 Å². The van der Waals surface area contributed by atoms with Crippen LogP contribution in [0, 0.1) is 5.92 Å². The third-order valence-electron chi connectivity index (χ3n) is 2.34. The lowest BCUT2D eigenvalue weighted by Crippen LogP contribution is -2.09. The maximum Gasteiger partial charge on any atom is 0.167 e. The van der Waals surface area contributed by atoms with Gasteiger partial charge >= 0.3 is 0 Å². The highest BCUT2D eigenvalue weighted by molar-refractivity contribution is 6.07. The Morgan fingerprint density at radius 3 is 2.73 bits per heavy atom. The van der Waals surface area contributed by atoms with E-state index in [1.807, 2.05) is 38.1 Å². The van der Waals surface area contributed by atoms with Crippen molar-refractivity contribution in [2.75, 3.05) is 0 Å². The largest absolute Gasteiger partial charge is 0.294 e. The third-order valence-corrected chi connectivity index (χ3v) is 2.34. The maximum absolute atomic E-state index is 11.9. The summed E-state index contributed by atoms with van der Waals surface area (Å²) >= 11 is 0. The van der Waals surface area contributed by atoms with Gasteiger partial charge in [0.1, 0.15) is 0 Å². The van der Waals surface area contributed by atoms with Gasteiger partial charge in [-0.2, -0.15) is 10.2 Å². The van der Waals surface area contributed by atoms with Crippen molar-refractivity contribution < 1.29 is 4.79 Å². The van der Waals surface area contributed by atoms with Gasteiger partial charge in [0, 0.05) is 16.9 Å². The van der Waals surface area contributed by atoms with Crippen molar-refractivity contribution in [3.63, 3.8) is 0 Å². The average molecular weight is 200 g/mol. The number of rotatable bonds is 2. The number of carbonyl (C=O) groups is 1. The van der Waals surface area contributed by atoms with Gasteiger partial charge < -0.3 is 0 Å². The molecule has 3 heteroatoms. The fourth-order valence-electron chi connectivity index (χ4n) is 1.51. The second kappa shape index (κ2) is 3.77. The second-order valence-corrected chi connectivity index (χ2v) is 3.79. The molecule has 0 saturated carbocycles. The monoisotopic (exact) mass is 200 g/mol. The van der Waals surface area contributed by atoms with E-state index in [0.717, 1.165) is 10.9 Å². The third kappa shape index (κ3) is 1.73. The van der Waals surface area contributed by atoms with Gasteiger partial charge in [-0.1, -0.05) is 32.0 Å². The Bertz CT molecular complexity index is 500. The van der Waals surface area contributed by atoms with E-state index in [9.17, 15) is 4.79 Å². The molecule has 0 fully saturated rings. The fourth-order valence-corrected chi connectivity index (χ4v) is 1.51. The zero-order chi connectivity index (χ0) is 10.8. The maximum atomic E-state index is 11.9. The fraction of sp³-hybridized carbons (Fsp3) is 0.250. The lowest BCUT2D eigenvalue weighted by molar-refractivity contribution is 0.0940. The van der Waals surface area contributed by atoms with E-state index in [1.54, 1.807) is 6.20 Å². The molecule has 1 aromatic carbocycles. The van der Waals surface area contributed by atoms with Crippen LogP contribution in [-0.4, -0.2) is 16.0 Å². The average Bonchev–Trinajstić information content (AvgIpc) is 2.27. The van der Waals surface area contributed by atoms with Gasteiger partial charge in [0.2, 0.25) is 0 Å². The topological polar surface area (TPSA) is 42.9 Å². The van der Waals surface area contributed by atoms with Crippen LogP contribution in [0.3, 0.4) is 0 Å². The summed E-state index contributed by atoms with van der Waals surface area (Å²) in [5, 5.41) is 8.71. The predicted octanol–water partition coefficient (Wildman–Crippen LogP) is 2.47. The first-order chi connectivity index (χ1) is 7.20. The van der Waals surface area contributed by atoms with Gasteiger partial charge in [0.05, 0.1) is 11.7 Å². The molecule has 2 aromatic rings. The molecule has 0 aliphatic carbocycles. The number of benzene rings is 1. The molecule has 15 heavy (non-hydrogen) atoms. The van der Waals surface area contributed by atoms with Crippen LogP contribution in [0.15, 0.2) is 30.5 Å². The quantitative estimate of drug-likeness (QED) is 0.699. The van der Waals surface area contributed by atoms with Crippen LogP contribution in [0.1, 0.15) is 24.2 Å². The lowest BCUT2D eigenvalue weighted by atomic mass is 9.99. The molecule has 76 valence electrons. The van der Waals surface area contributed by atoms with E-state index in [-0.39, 0.29) is 11.7 Å². The van der Waals surface area contributed by atoms with Gasteiger partial charge in [-0.15, -0.1) is 0 Å².